The fourth-order valence-electron chi connectivity index (χ4n) is 1.44. The molecule has 0 unspecified atom stereocenters. The second-order valence-electron chi connectivity index (χ2n) is 3.32. The fourth-order valence-corrected chi connectivity index (χ4v) is 1.44. The summed E-state index contributed by atoms with van der Waals surface area (Å²) in [5.41, 5.74) is 0. The summed E-state index contributed by atoms with van der Waals surface area (Å²) in [6.45, 7) is 0. The number of carbonyl (C=O) groups excluding carboxylic acids is 1. The zero-order valence-corrected chi connectivity index (χ0v) is 7.38. The number of halogens is 3. The van der Waals surface area contributed by atoms with E-state index in [-0.39, 0.29) is 12.8 Å². The summed E-state index contributed by atoms with van der Waals surface area (Å²) < 4.78 is 41.3. The summed E-state index contributed by atoms with van der Waals surface area (Å²) in [5, 5.41) is 9.14. The number of hydrogen-bond donors (Lipinski definition) is 1. The van der Waals surface area contributed by atoms with Crippen LogP contribution in [0.15, 0.2) is 0 Å². The van der Waals surface area contributed by atoms with Crippen LogP contribution in [0.25, 0.3) is 0 Å². The Kier molecular flexibility index (Phi) is 3.16. The number of alkyl halides is 3. The molecule has 1 saturated heterocycles. The summed E-state index contributed by atoms with van der Waals surface area (Å²) >= 11 is 0. The van der Waals surface area contributed by atoms with Crippen LogP contribution in [0.4, 0.5) is 13.2 Å². The van der Waals surface area contributed by atoms with Gasteiger partial charge in [0.2, 0.25) is 0 Å². The van der Waals surface area contributed by atoms with Crippen molar-refractivity contribution in [2.75, 3.05) is 0 Å². The molecule has 1 rings (SSSR count). The molecule has 1 fully saturated rings. The summed E-state index contributed by atoms with van der Waals surface area (Å²) in [6.07, 6.45) is -5.13. The quantitative estimate of drug-likeness (QED) is 0.703. The summed E-state index contributed by atoms with van der Waals surface area (Å²) in [6, 6.07) is 0. The van der Waals surface area contributed by atoms with Crippen LogP contribution >= 0.6 is 0 Å². The first kappa shape index (κ1) is 11.5. The molecule has 6 heteroatoms. The van der Waals surface area contributed by atoms with Crippen molar-refractivity contribution in [3.05, 3.63) is 0 Å². The molecule has 0 radical (unpaired) electrons. The van der Waals surface area contributed by atoms with Crippen molar-refractivity contribution in [2.45, 2.75) is 43.8 Å². The van der Waals surface area contributed by atoms with E-state index >= 15 is 0 Å². The van der Waals surface area contributed by atoms with Crippen molar-refractivity contribution in [3.63, 3.8) is 0 Å². The number of aldehydes is 1. The summed E-state index contributed by atoms with van der Waals surface area (Å²) in [5.74, 6) is -3.07. The number of carbonyl (C=O) groups is 1. The maximum absolute atomic E-state index is 12.3. The molecule has 0 amide bonds. The van der Waals surface area contributed by atoms with E-state index in [0.717, 1.165) is 0 Å². The Balaban J connectivity index is 2.67. The highest BCUT2D eigenvalue weighted by Gasteiger charge is 2.57. The highest BCUT2D eigenvalue weighted by Crippen LogP contribution is 2.40. The predicted octanol–water partition coefficient (Wildman–Crippen LogP) is 1.40. The van der Waals surface area contributed by atoms with Gasteiger partial charge in [-0.1, -0.05) is 0 Å². The Hall–Kier alpha value is -0.620. The van der Waals surface area contributed by atoms with Crippen LogP contribution in [0.5, 0.6) is 0 Å². The second kappa shape index (κ2) is 3.86. The molecule has 0 aromatic heterocycles. The fraction of sp³-hybridized carbons (Fsp3) is 0.875. The highest BCUT2D eigenvalue weighted by molar-refractivity contribution is 5.50. The third-order valence-corrected chi connectivity index (χ3v) is 2.21. The van der Waals surface area contributed by atoms with Gasteiger partial charge in [0.25, 0.3) is 5.79 Å². The van der Waals surface area contributed by atoms with Gasteiger partial charge in [0.15, 0.2) is 0 Å². The van der Waals surface area contributed by atoms with Crippen LogP contribution in [0.3, 0.4) is 0 Å². The van der Waals surface area contributed by atoms with Crippen molar-refractivity contribution >= 4 is 6.29 Å². The molecule has 1 heterocycles. The first-order chi connectivity index (χ1) is 6.39. The lowest BCUT2D eigenvalue weighted by molar-refractivity contribution is -0.388. The van der Waals surface area contributed by atoms with Gasteiger partial charge < -0.3 is 14.6 Å². The van der Waals surface area contributed by atoms with Gasteiger partial charge in [-0.05, 0) is 12.8 Å². The van der Waals surface area contributed by atoms with E-state index in [2.05, 4.69) is 4.74 Å². The Labute approximate surface area is 78.9 Å². The molecule has 14 heavy (non-hydrogen) atoms. The van der Waals surface area contributed by atoms with E-state index in [1.54, 1.807) is 0 Å². The van der Waals surface area contributed by atoms with Crippen LogP contribution in [0, 0.1) is 0 Å². The molecule has 0 saturated carbocycles. The normalized spacial score (nSPS) is 34.1. The smallest absolute Gasteiger partial charge is 0.359 e. The van der Waals surface area contributed by atoms with Gasteiger partial charge in [-0.2, -0.15) is 13.2 Å². The van der Waals surface area contributed by atoms with E-state index in [9.17, 15) is 18.0 Å². The molecule has 1 aliphatic heterocycles. The number of ether oxygens (including phenoxy) is 1. The zero-order valence-electron chi connectivity index (χ0n) is 7.38. The molecule has 82 valence electrons. The highest BCUT2D eigenvalue weighted by atomic mass is 19.4. The minimum atomic E-state index is -4.80. The van der Waals surface area contributed by atoms with Crippen LogP contribution in [0.1, 0.15) is 25.7 Å². The summed E-state index contributed by atoms with van der Waals surface area (Å²) in [4.78, 5) is 10.1. The van der Waals surface area contributed by atoms with Gasteiger partial charge in [-0.25, -0.2) is 0 Å². The van der Waals surface area contributed by atoms with Crippen LogP contribution < -0.4 is 0 Å². The molecule has 0 aromatic carbocycles. The average Bonchev–Trinajstić information content (AvgIpc) is 2.03. The van der Waals surface area contributed by atoms with E-state index < -0.39 is 24.5 Å². The minimum absolute atomic E-state index is 0.113. The molecule has 3 nitrogen and oxygen atoms in total. The van der Waals surface area contributed by atoms with Crippen LogP contribution in [0.2, 0.25) is 0 Å². The Bertz CT molecular complexity index is 216. The molecule has 1 N–H and O–H groups in total. The SMILES string of the molecule is O=CC[C@@H]1CCC[C@](O)(C(F)(F)F)O1. The van der Waals surface area contributed by atoms with Gasteiger partial charge in [-0.3, -0.25) is 0 Å². The molecule has 0 aromatic rings. The van der Waals surface area contributed by atoms with Crippen molar-refractivity contribution in [1.29, 1.82) is 0 Å². The number of rotatable bonds is 2. The van der Waals surface area contributed by atoms with Crippen LogP contribution in [-0.2, 0) is 9.53 Å². The molecule has 0 bridgehead atoms. The van der Waals surface area contributed by atoms with Crippen molar-refractivity contribution in [2.24, 2.45) is 0 Å². The minimum Gasteiger partial charge on any atom is -0.359 e. The van der Waals surface area contributed by atoms with Gasteiger partial charge in [0.05, 0.1) is 6.10 Å². The standard InChI is InChI=1S/C8H11F3O3/c9-8(10,11)7(13)4-1-2-6(14-7)3-5-12/h5-6,13H,1-4H2/t6-,7+/m0/s1. The van der Waals surface area contributed by atoms with Crippen molar-refractivity contribution in [1.82, 2.24) is 0 Å². The number of hydrogen-bond acceptors (Lipinski definition) is 3. The lowest BCUT2D eigenvalue weighted by Gasteiger charge is -2.37. The second-order valence-corrected chi connectivity index (χ2v) is 3.32. The molecular weight excluding hydrogens is 201 g/mol. The lowest BCUT2D eigenvalue weighted by Crippen LogP contribution is -2.52. The topological polar surface area (TPSA) is 46.5 Å². The monoisotopic (exact) mass is 212 g/mol. The largest absolute Gasteiger partial charge is 0.443 e. The van der Waals surface area contributed by atoms with E-state index in [4.69, 9.17) is 5.11 Å². The predicted molar refractivity (Wildman–Crippen MR) is 40.4 cm³/mol. The van der Waals surface area contributed by atoms with Crippen molar-refractivity contribution in [3.8, 4) is 0 Å². The molecule has 1 aliphatic rings. The maximum Gasteiger partial charge on any atom is 0.443 e. The van der Waals surface area contributed by atoms with Gasteiger partial charge >= 0.3 is 6.18 Å². The molecule has 2 atom stereocenters. The lowest BCUT2D eigenvalue weighted by atomic mass is 9.99. The van der Waals surface area contributed by atoms with E-state index in [1.165, 1.54) is 0 Å². The van der Waals surface area contributed by atoms with E-state index in [1.807, 2.05) is 0 Å². The van der Waals surface area contributed by atoms with Gasteiger partial charge in [0, 0.05) is 12.8 Å². The molecule has 0 aliphatic carbocycles. The van der Waals surface area contributed by atoms with Crippen LogP contribution in [-0.4, -0.2) is 29.5 Å². The van der Waals surface area contributed by atoms with Gasteiger partial charge in [0.1, 0.15) is 6.29 Å². The van der Waals surface area contributed by atoms with Gasteiger partial charge in [-0.15, -0.1) is 0 Å². The average molecular weight is 212 g/mol. The number of aliphatic hydroxyl groups is 1. The summed E-state index contributed by atoms with van der Waals surface area (Å²) in [7, 11) is 0. The Morgan fingerprint density at radius 2 is 2.21 bits per heavy atom. The molecular formula is C8H11F3O3. The third kappa shape index (κ3) is 2.24. The van der Waals surface area contributed by atoms with Crippen molar-refractivity contribution < 1.29 is 27.8 Å². The maximum atomic E-state index is 12.3. The third-order valence-electron chi connectivity index (χ3n) is 2.21. The Morgan fingerprint density at radius 3 is 2.71 bits per heavy atom. The zero-order chi connectivity index (χ0) is 10.8. The first-order valence-electron chi connectivity index (χ1n) is 4.29. The first-order valence-corrected chi connectivity index (χ1v) is 4.29. The molecule has 0 spiro atoms. The van der Waals surface area contributed by atoms with E-state index in [0.29, 0.717) is 12.7 Å². The Morgan fingerprint density at radius 1 is 1.57 bits per heavy atom.